The van der Waals surface area contributed by atoms with Gasteiger partial charge in [0.2, 0.25) is 0 Å². The lowest BCUT2D eigenvalue weighted by molar-refractivity contribution is 0.465. The van der Waals surface area contributed by atoms with Gasteiger partial charge in [0.05, 0.1) is 5.66 Å². The highest BCUT2D eigenvalue weighted by molar-refractivity contribution is 4.77. The largest absolute Gasteiger partial charge is 0.327 e. The molecule has 0 aliphatic heterocycles. The van der Waals surface area contributed by atoms with Crippen LogP contribution in [0.2, 0.25) is 0 Å². The standard InChI is InChI=1S/C3H12N4/c4-1-3(6,7)2-5/h1-2,4-7H2. The summed E-state index contributed by atoms with van der Waals surface area (Å²) in [4.78, 5) is 0. The summed E-state index contributed by atoms with van der Waals surface area (Å²) in [6.07, 6.45) is 0. The van der Waals surface area contributed by atoms with Gasteiger partial charge >= 0.3 is 0 Å². The third-order valence-corrected chi connectivity index (χ3v) is 0.760. The molecule has 0 aromatic rings. The summed E-state index contributed by atoms with van der Waals surface area (Å²) in [5, 5.41) is 0. The van der Waals surface area contributed by atoms with Crippen molar-refractivity contribution in [1.29, 1.82) is 0 Å². The Morgan fingerprint density at radius 1 is 1.00 bits per heavy atom. The van der Waals surface area contributed by atoms with Crippen molar-refractivity contribution in [2.75, 3.05) is 13.1 Å². The zero-order valence-electron chi connectivity index (χ0n) is 4.22. The number of hydrogen-bond donors (Lipinski definition) is 4. The molecular weight excluding hydrogens is 92.1 g/mol. The van der Waals surface area contributed by atoms with Gasteiger partial charge in [0.15, 0.2) is 0 Å². The van der Waals surface area contributed by atoms with Crippen LogP contribution in [-0.4, -0.2) is 18.8 Å². The molecule has 0 atom stereocenters. The summed E-state index contributed by atoms with van der Waals surface area (Å²) in [5.74, 6) is 0. The first-order chi connectivity index (χ1) is 3.12. The Labute approximate surface area is 42.8 Å². The summed E-state index contributed by atoms with van der Waals surface area (Å²) in [7, 11) is 0. The van der Waals surface area contributed by atoms with Gasteiger partial charge in [-0.2, -0.15) is 0 Å². The summed E-state index contributed by atoms with van der Waals surface area (Å²) in [6.45, 7) is 0.451. The molecule has 0 saturated carbocycles. The van der Waals surface area contributed by atoms with E-state index >= 15 is 0 Å². The SMILES string of the molecule is NCC(N)(N)CN. The molecule has 44 valence electrons. The van der Waals surface area contributed by atoms with E-state index in [1.807, 2.05) is 0 Å². The van der Waals surface area contributed by atoms with Gasteiger partial charge < -0.3 is 22.9 Å². The molecule has 0 amide bonds. The van der Waals surface area contributed by atoms with Crippen molar-refractivity contribution in [3.8, 4) is 0 Å². The Hall–Kier alpha value is -0.160. The van der Waals surface area contributed by atoms with Gasteiger partial charge in [0, 0.05) is 13.1 Å². The monoisotopic (exact) mass is 104 g/mol. The maximum Gasteiger partial charge on any atom is 0.0888 e. The molecule has 7 heavy (non-hydrogen) atoms. The molecule has 4 heteroatoms. The van der Waals surface area contributed by atoms with E-state index in [1.165, 1.54) is 0 Å². The van der Waals surface area contributed by atoms with Crippen molar-refractivity contribution >= 4 is 0 Å². The topological polar surface area (TPSA) is 104 Å². The van der Waals surface area contributed by atoms with Crippen molar-refractivity contribution in [3.63, 3.8) is 0 Å². The van der Waals surface area contributed by atoms with Gasteiger partial charge in [-0.1, -0.05) is 0 Å². The predicted molar refractivity (Wildman–Crippen MR) is 29.2 cm³/mol. The zero-order valence-corrected chi connectivity index (χ0v) is 4.22. The van der Waals surface area contributed by atoms with Crippen LogP contribution in [0.25, 0.3) is 0 Å². The fraction of sp³-hybridized carbons (Fsp3) is 1.00. The van der Waals surface area contributed by atoms with E-state index in [0.29, 0.717) is 0 Å². The molecule has 0 aromatic heterocycles. The number of rotatable bonds is 2. The maximum atomic E-state index is 5.24. The summed E-state index contributed by atoms with van der Waals surface area (Å²) >= 11 is 0. The molecule has 0 rings (SSSR count). The highest BCUT2D eigenvalue weighted by Crippen LogP contribution is 1.76. The molecule has 0 aromatic carbocycles. The lowest BCUT2D eigenvalue weighted by atomic mass is 10.2. The number of hydrogen-bond acceptors (Lipinski definition) is 4. The Balaban J connectivity index is 3.36. The lowest BCUT2D eigenvalue weighted by Gasteiger charge is -2.18. The second kappa shape index (κ2) is 2.23. The average Bonchev–Trinajstić information content (AvgIpc) is 1.68. The Bertz CT molecular complexity index is 44.9. The van der Waals surface area contributed by atoms with E-state index in [1.54, 1.807) is 0 Å². The van der Waals surface area contributed by atoms with Crippen molar-refractivity contribution in [2.24, 2.45) is 22.9 Å². The van der Waals surface area contributed by atoms with Crippen molar-refractivity contribution < 1.29 is 0 Å². The molecule has 0 saturated heterocycles. The van der Waals surface area contributed by atoms with Crippen LogP contribution in [0.3, 0.4) is 0 Å². The quantitative estimate of drug-likeness (QED) is 0.291. The minimum Gasteiger partial charge on any atom is -0.327 e. The lowest BCUT2D eigenvalue weighted by Crippen LogP contribution is -2.60. The Morgan fingerprint density at radius 3 is 1.29 bits per heavy atom. The minimum atomic E-state index is -0.861. The molecule has 0 spiro atoms. The fourth-order valence-corrected chi connectivity index (χ4v) is 0.0833. The normalized spacial score (nSPS) is 12.0. The second-order valence-electron chi connectivity index (χ2n) is 1.64. The zero-order chi connectivity index (χ0) is 5.91. The van der Waals surface area contributed by atoms with Crippen LogP contribution >= 0.6 is 0 Å². The van der Waals surface area contributed by atoms with E-state index in [9.17, 15) is 0 Å². The minimum absolute atomic E-state index is 0.226. The van der Waals surface area contributed by atoms with Gasteiger partial charge in [-0.15, -0.1) is 0 Å². The van der Waals surface area contributed by atoms with E-state index in [-0.39, 0.29) is 13.1 Å². The van der Waals surface area contributed by atoms with Crippen LogP contribution in [0.1, 0.15) is 0 Å². The first kappa shape index (κ1) is 6.84. The fourth-order valence-electron chi connectivity index (χ4n) is 0.0833. The molecule has 0 bridgehead atoms. The van der Waals surface area contributed by atoms with Crippen LogP contribution in [0.15, 0.2) is 0 Å². The van der Waals surface area contributed by atoms with Gasteiger partial charge in [-0.25, -0.2) is 0 Å². The molecule has 0 aliphatic rings. The predicted octanol–water partition coefficient (Wildman–Crippen LogP) is -2.48. The van der Waals surface area contributed by atoms with E-state index in [0.717, 1.165) is 0 Å². The molecule has 4 nitrogen and oxygen atoms in total. The third-order valence-electron chi connectivity index (χ3n) is 0.760. The van der Waals surface area contributed by atoms with E-state index in [2.05, 4.69) is 0 Å². The van der Waals surface area contributed by atoms with Crippen molar-refractivity contribution in [1.82, 2.24) is 0 Å². The summed E-state index contributed by atoms with van der Waals surface area (Å²) < 4.78 is 0. The molecule has 0 radical (unpaired) electrons. The van der Waals surface area contributed by atoms with Gasteiger partial charge in [0.25, 0.3) is 0 Å². The van der Waals surface area contributed by atoms with Crippen LogP contribution in [0, 0.1) is 0 Å². The van der Waals surface area contributed by atoms with Crippen LogP contribution in [0.4, 0.5) is 0 Å². The molecular formula is C3H12N4. The van der Waals surface area contributed by atoms with Crippen LogP contribution in [0.5, 0.6) is 0 Å². The maximum absolute atomic E-state index is 5.24. The van der Waals surface area contributed by atoms with Crippen molar-refractivity contribution in [2.45, 2.75) is 5.66 Å². The van der Waals surface area contributed by atoms with Crippen LogP contribution in [-0.2, 0) is 0 Å². The molecule has 0 heterocycles. The summed E-state index contributed by atoms with van der Waals surface area (Å²) in [6, 6.07) is 0. The Morgan fingerprint density at radius 2 is 1.29 bits per heavy atom. The Kier molecular flexibility index (Phi) is 2.17. The molecule has 0 unspecified atom stereocenters. The van der Waals surface area contributed by atoms with Gasteiger partial charge in [0.1, 0.15) is 0 Å². The van der Waals surface area contributed by atoms with E-state index < -0.39 is 5.66 Å². The van der Waals surface area contributed by atoms with E-state index in [4.69, 9.17) is 22.9 Å². The third kappa shape index (κ3) is 2.52. The summed E-state index contributed by atoms with van der Waals surface area (Å²) in [5.41, 5.74) is 19.8. The van der Waals surface area contributed by atoms with Gasteiger partial charge in [-0.05, 0) is 0 Å². The first-order valence-corrected chi connectivity index (χ1v) is 2.10. The van der Waals surface area contributed by atoms with Gasteiger partial charge in [-0.3, -0.25) is 0 Å². The first-order valence-electron chi connectivity index (χ1n) is 2.10. The average molecular weight is 104 g/mol. The molecule has 0 fully saturated rings. The second-order valence-corrected chi connectivity index (χ2v) is 1.64. The highest BCUT2D eigenvalue weighted by Gasteiger charge is 2.11. The highest BCUT2D eigenvalue weighted by atomic mass is 15.0. The molecule has 0 aliphatic carbocycles. The smallest absolute Gasteiger partial charge is 0.0888 e. The molecule has 8 N–H and O–H groups in total. The van der Waals surface area contributed by atoms with Crippen molar-refractivity contribution in [3.05, 3.63) is 0 Å². The van der Waals surface area contributed by atoms with Crippen LogP contribution < -0.4 is 22.9 Å². The number of nitrogens with two attached hydrogens (primary N) is 4.